The Labute approximate surface area is 110 Å². The van der Waals surface area contributed by atoms with E-state index in [-0.39, 0.29) is 5.56 Å². The predicted molar refractivity (Wildman–Crippen MR) is 70.4 cm³/mol. The van der Waals surface area contributed by atoms with Crippen LogP contribution in [0.3, 0.4) is 0 Å². The molecule has 0 radical (unpaired) electrons. The van der Waals surface area contributed by atoms with Crippen molar-refractivity contribution in [2.75, 3.05) is 7.11 Å². The summed E-state index contributed by atoms with van der Waals surface area (Å²) in [5.74, 6) is -0.462. The zero-order chi connectivity index (χ0) is 13.1. The quantitative estimate of drug-likeness (QED) is 0.917. The molecule has 0 fully saturated rings. The zero-order valence-electron chi connectivity index (χ0n) is 9.68. The van der Waals surface area contributed by atoms with Gasteiger partial charge in [0, 0.05) is 10.6 Å². The Morgan fingerprint density at radius 1 is 1.17 bits per heavy atom. The average molecular weight is 263 g/mol. The number of aromatic carboxylic acids is 1. The minimum atomic E-state index is -0.987. The lowest BCUT2D eigenvalue weighted by atomic mass is 9.98. The number of hydrogen-bond acceptors (Lipinski definition) is 2. The van der Waals surface area contributed by atoms with Crippen LogP contribution in [0.5, 0.6) is 5.75 Å². The molecule has 4 heteroatoms. The van der Waals surface area contributed by atoms with Crippen LogP contribution in [-0.4, -0.2) is 18.2 Å². The van der Waals surface area contributed by atoms with Gasteiger partial charge >= 0.3 is 5.97 Å². The molecule has 0 amide bonds. The summed E-state index contributed by atoms with van der Waals surface area (Å²) in [7, 11) is 1.51. The molecule has 0 bridgehead atoms. The molecule has 0 aliphatic heterocycles. The molecule has 0 aromatic heterocycles. The second kappa shape index (κ2) is 5.10. The van der Waals surface area contributed by atoms with Gasteiger partial charge in [-0.3, -0.25) is 0 Å². The van der Waals surface area contributed by atoms with Crippen LogP contribution in [0.15, 0.2) is 42.5 Å². The minimum absolute atomic E-state index is 0.205. The highest BCUT2D eigenvalue weighted by Crippen LogP contribution is 2.33. The number of carboxylic acids is 1. The number of benzene rings is 2. The van der Waals surface area contributed by atoms with Crippen LogP contribution in [0.25, 0.3) is 11.1 Å². The van der Waals surface area contributed by atoms with Gasteiger partial charge in [-0.15, -0.1) is 0 Å². The van der Waals surface area contributed by atoms with Crippen LogP contribution in [-0.2, 0) is 0 Å². The van der Waals surface area contributed by atoms with Crippen molar-refractivity contribution in [3.05, 3.63) is 53.1 Å². The fraction of sp³-hybridized carbons (Fsp3) is 0.0714. The molecule has 0 aliphatic rings. The molecule has 0 saturated heterocycles. The van der Waals surface area contributed by atoms with E-state index in [0.29, 0.717) is 16.3 Å². The molecule has 0 heterocycles. The Morgan fingerprint density at radius 3 is 2.39 bits per heavy atom. The van der Waals surface area contributed by atoms with Gasteiger partial charge in [0.05, 0.1) is 12.7 Å². The Hall–Kier alpha value is -2.00. The first kappa shape index (κ1) is 12.5. The van der Waals surface area contributed by atoms with Crippen molar-refractivity contribution in [2.24, 2.45) is 0 Å². The Morgan fingerprint density at radius 2 is 1.83 bits per heavy atom. The van der Waals surface area contributed by atoms with Crippen LogP contribution in [0, 0.1) is 0 Å². The Kier molecular flexibility index (Phi) is 3.53. The summed E-state index contributed by atoms with van der Waals surface area (Å²) in [6, 6.07) is 11.9. The number of methoxy groups -OCH3 is 1. The number of carbonyl (C=O) groups is 1. The minimum Gasteiger partial charge on any atom is -0.496 e. The van der Waals surface area contributed by atoms with Gasteiger partial charge in [0.15, 0.2) is 0 Å². The number of rotatable bonds is 3. The van der Waals surface area contributed by atoms with Gasteiger partial charge in [0.25, 0.3) is 0 Å². The van der Waals surface area contributed by atoms with E-state index in [0.717, 1.165) is 5.56 Å². The zero-order valence-corrected chi connectivity index (χ0v) is 10.4. The van der Waals surface area contributed by atoms with Gasteiger partial charge in [0.2, 0.25) is 0 Å². The summed E-state index contributed by atoms with van der Waals surface area (Å²) in [5, 5.41) is 9.82. The monoisotopic (exact) mass is 262 g/mol. The van der Waals surface area contributed by atoms with Gasteiger partial charge in [0.1, 0.15) is 5.75 Å². The average Bonchev–Trinajstić information content (AvgIpc) is 2.38. The lowest BCUT2D eigenvalue weighted by molar-refractivity contribution is 0.0697. The molecule has 2 aromatic carbocycles. The van der Waals surface area contributed by atoms with Crippen molar-refractivity contribution < 1.29 is 14.6 Å². The lowest BCUT2D eigenvalue weighted by Crippen LogP contribution is -2.01. The second-order valence-corrected chi connectivity index (χ2v) is 4.13. The molecule has 1 N–H and O–H groups in total. The highest BCUT2D eigenvalue weighted by Gasteiger charge is 2.16. The maximum Gasteiger partial charge on any atom is 0.336 e. The molecule has 18 heavy (non-hydrogen) atoms. The summed E-state index contributed by atoms with van der Waals surface area (Å²) < 4.78 is 5.22. The Bertz CT molecular complexity index is 576. The van der Waals surface area contributed by atoms with Crippen molar-refractivity contribution in [2.45, 2.75) is 0 Å². The molecular formula is C14H11ClO3. The van der Waals surface area contributed by atoms with Gasteiger partial charge < -0.3 is 9.84 Å². The van der Waals surface area contributed by atoms with E-state index >= 15 is 0 Å². The first-order valence-electron chi connectivity index (χ1n) is 5.29. The van der Waals surface area contributed by atoms with Crippen LogP contribution in [0.2, 0.25) is 5.02 Å². The van der Waals surface area contributed by atoms with Gasteiger partial charge in [-0.25, -0.2) is 4.79 Å². The third kappa shape index (κ3) is 2.31. The molecule has 0 atom stereocenters. The summed E-state index contributed by atoms with van der Waals surface area (Å²) in [4.78, 5) is 11.2. The second-order valence-electron chi connectivity index (χ2n) is 3.69. The Balaban J connectivity index is 2.67. The van der Waals surface area contributed by atoms with Crippen LogP contribution >= 0.6 is 11.6 Å². The molecule has 2 aromatic rings. The summed E-state index contributed by atoms with van der Waals surface area (Å²) >= 11 is 5.83. The van der Waals surface area contributed by atoms with E-state index < -0.39 is 5.97 Å². The van der Waals surface area contributed by atoms with E-state index in [4.69, 9.17) is 16.3 Å². The van der Waals surface area contributed by atoms with E-state index in [2.05, 4.69) is 0 Å². The maximum atomic E-state index is 11.2. The first-order valence-corrected chi connectivity index (χ1v) is 5.67. The van der Waals surface area contributed by atoms with Crippen LogP contribution in [0.4, 0.5) is 0 Å². The van der Waals surface area contributed by atoms with Crippen molar-refractivity contribution in [1.29, 1.82) is 0 Å². The van der Waals surface area contributed by atoms with E-state index in [9.17, 15) is 9.90 Å². The largest absolute Gasteiger partial charge is 0.496 e. The molecule has 0 aliphatic carbocycles. The number of ether oxygens (including phenoxy) is 1. The molecule has 0 spiro atoms. The van der Waals surface area contributed by atoms with Crippen molar-refractivity contribution in [1.82, 2.24) is 0 Å². The number of halogens is 1. The molecule has 3 nitrogen and oxygen atoms in total. The normalized spacial score (nSPS) is 10.1. The number of hydrogen-bond donors (Lipinski definition) is 1. The lowest BCUT2D eigenvalue weighted by Gasteiger charge is -2.11. The molecule has 0 saturated carbocycles. The first-order chi connectivity index (χ1) is 8.63. The van der Waals surface area contributed by atoms with Crippen molar-refractivity contribution in [3.8, 4) is 16.9 Å². The molecular weight excluding hydrogens is 252 g/mol. The van der Waals surface area contributed by atoms with E-state index in [1.807, 2.05) is 0 Å². The molecule has 0 unspecified atom stereocenters. The van der Waals surface area contributed by atoms with Crippen molar-refractivity contribution >= 4 is 17.6 Å². The highest BCUT2D eigenvalue weighted by molar-refractivity contribution is 6.30. The third-order valence-electron chi connectivity index (χ3n) is 2.61. The smallest absolute Gasteiger partial charge is 0.336 e. The number of carboxylic acid groups (broad SMARTS) is 1. The summed E-state index contributed by atoms with van der Waals surface area (Å²) in [6.45, 7) is 0. The van der Waals surface area contributed by atoms with E-state index in [1.54, 1.807) is 42.5 Å². The molecule has 92 valence electrons. The fourth-order valence-electron chi connectivity index (χ4n) is 1.79. The van der Waals surface area contributed by atoms with Crippen LogP contribution in [0.1, 0.15) is 10.4 Å². The fourth-order valence-corrected chi connectivity index (χ4v) is 1.92. The maximum absolute atomic E-state index is 11.2. The molecule has 2 rings (SSSR count). The summed E-state index contributed by atoms with van der Waals surface area (Å²) in [6.07, 6.45) is 0. The topological polar surface area (TPSA) is 46.5 Å². The third-order valence-corrected chi connectivity index (χ3v) is 2.86. The SMILES string of the molecule is COc1cccc(C(=O)O)c1-c1ccc(Cl)cc1. The standard InChI is InChI=1S/C14H11ClO3/c1-18-12-4-2-3-11(14(16)17)13(12)9-5-7-10(15)8-6-9/h2-8H,1H3,(H,16,17). The summed E-state index contributed by atoms with van der Waals surface area (Å²) in [5.41, 5.74) is 1.52. The van der Waals surface area contributed by atoms with Crippen LogP contribution < -0.4 is 4.74 Å². The van der Waals surface area contributed by atoms with Gasteiger partial charge in [-0.2, -0.15) is 0 Å². The van der Waals surface area contributed by atoms with E-state index in [1.165, 1.54) is 7.11 Å². The highest BCUT2D eigenvalue weighted by atomic mass is 35.5. The van der Waals surface area contributed by atoms with Gasteiger partial charge in [-0.1, -0.05) is 29.8 Å². The van der Waals surface area contributed by atoms with Crippen molar-refractivity contribution in [3.63, 3.8) is 0 Å². The van der Waals surface area contributed by atoms with Gasteiger partial charge in [-0.05, 0) is 29.8 Å². The predicted octanol–water partition coefficient (Wildman–Crippen LogP) is 3.71.